The molecule has 0 unspecified atom stereocenters. The summed E-state index contributed by atoms with van der Waals surface area (Å²) in [6.45, 7) is 3.21. The third-order valence-corrected chi connectivity index (χ3v) is 4.12. The predicted molar refractivity (Wildman–Crippen MR) is 67.5 cm³/mol. The largest absolute Gasteiger partial charge is 0.316 e. The summed E-state index contributed by atoms with van der Waals surface area (Å²) in [4.78, 5) is 0. The van der Waals surface area contributed by atoms with Gasteiger partial charge in [-0.25, -0.2) is 8.42 Å². The summed E-state index contributed by atoms with van der Waals surface area (Å²) in [5.74, 6) is 0.157. The van der Waals surface area contributed by atoms with Gasteiger partial charge in [0.1, 0.15) is 0 Å². The molecule has 5 heteroatoms. The molecule has 0 atom stereocenters. The van der Waals surface area contributed by atoms with Crippen molar-refractivity contribution in [3.8, 4) is 0 Å². The van der Waals surface area contributed by atoms with Crippen molar-refractivity contribution >= 4 is 21.4 Å². The minimum atomic E-state index is -3.08. The zero-order chi connectivity index (χ0) is 12.0. The predicted octanol–water partition coefficient (Wildman–Crippen LogP) is 1.86. The second kappa shape index (κ2) is 6.23. The van der Waals surface area contributed by atoms with Crippen LogP contribution < -0.4 is 5.32 Å². The van der Waals surface area contributed by atoms with Crippen LogP contribution in [0.3, 0.4) is 0 Å². The van der Waals surface area contributed by atoms with Crippen LogP contribution in [0.5, 0.6) is 0 Å². The van der Waals surface area contributed by atoms with Crippen LogP contribution in [0.4, 0.5) is 0 Å². The Bertz CT molecular complexity index is 431. The molecule has 16 heavy (non-hydrogen) atoms. The van der Waals surface area contributed by atoms with Crippen LogP contribution in [-0.4, -0.2) is 27.3 Å². The third kappa shape index (κ3) is 4.51. The number of hydrogen-bond donors (Lipinski definition) is 1. The quantitative estimate of drug-likeness (QED) is 0.796. The van der Waals surface area contributed by atoms with Crippen molar-refractivity contribution in [2.45, 2.75) is 12.7 Å². The van der Waals surface area contributed by atoms with Crippen molar-refractivity contribution in [2.75, 3.05) is 18.8 Å². The van der Waals surface area contributed by atoms with Crippen LogP contribution in [0, 0.1) is 0 Å². The monoisotopic (exact) mass is 261 g/mol. The Morgan fingerprint density at radius 1 is 1.31 bits per heavy atom. The van der Waals surface area contributed by atoms with Crippen LogP contribution in [0.1, 0.15) is 12.5 Å². The number of rotatable bonds is 6. The van der Waals surface area contributed by atoms with Crippen molar-refractivity contribution in [3.05, 3.63) is 34.9 Å². The molecule has 90 valence electrons. The van der Waals surface area contributed by atoms with Crippen molar-refractivity contribution in [1.82, 2.24) is 5.32 Å². The molecule has 0 aliphatic heterocycles. The van der Waals surface area contributed by atoms with Gasteiger partial charge in [0.25, 0.3) is 0 Å². The minimum Gasteiger partial charge on any atom is -0.316 e. The highest BCUT2D eigenvalue weighted by Gasteiger charge is 2.13. The van der Waals surface area contributed by atoms with E-state index in [9.17, 15) is 8.42 Å². The van der Waals surface area contributed by atoms with E-state index in [1.807, 2.05) is 6.92 Å². The van der Waals surface area contributed by atoms with E-state index < -0.39 is 9.84 Å². The molecule has 0 spiro atoms. The van der Waals surface area contributed by atoms with Gasteiger partial charge < -0.3 is 5.32 Å². The first-order valence-electron chi connectivity index (χ1n) is 5.19. The normalized spacial score (nSPS) is 11.6. The highest BCUT2D eigenvalue weighted by Crippen LogP contribution is 2.17. The van der Waals surface area contributed by atoms with E-state index in [0.717, 1.165) is 6.54 Å². The van der Waals surface area contributed by atoms with Crippen molar-refractivity contribution in [2.24, 2.45) is 0 Å². The molecule has 0 heterocycles. The first kappa shape index (κ1) is 13.5. The van der Waals surface area contributed by atoms with Crippen LogP contribution in [0.2, 0.25) is 5.02 Å². The molecule has 0 saturated heterocycles. The van der Waals surface area contributed by atoms with Crippen molar-refractivity contribution in [1.29, 1.82) is 0 Å². The van der Waals surface area contributed by atoms with Crippen LogP contribution in [0.25, 0.3) is 0 Å². The van der Waals surface area contributed by atoms with Gasteiger partial charge in [0, 0.05) is 11.6 Å². The SMILES string of the molecule is CCNCCS(=O)(=O)Cc1ccccc1Cl. The van der Waals surface area contributed by atoms with Crippen LogP contribution >= 0.6 is 11.6 Å². The minimum absolute atomic E-state index is 0.0120. The molecule has 0 aliphatic carbocycles. The van der Waals surface area contributed by atoms with Crippen LogP contribution in [0.15, 0.2) is 24.3 Å². The Balaban J connectivity index is 2.63. The molecule has 0 saturated carbocycles. The molecular formula is C11H16ClNO2S. The second-order valence-electron chi connectivity index (χ2n) is 3.54. The highest BCUT2D eigenvalue weighted by atomic mass is 35.5. The summed E-state index contributed by atoms with van der Waals surface area (Å²) in [5.41, 5.74) is 0.667. The lowest BCUT2D eigenvalue weighted by Crippen LogP contribution is -2.23. The molecule has 1 rings (SSSR count). The molecule has 0 fully saturated rings. The Morgan fingerprint density at radius 3 is 2.62 bits per heavy atom. The molecule has 0 radical (unpaired) electrons. The Hall–Kier alpha value is -0.580. The van der Waals surface area contributed by atoms with Gasteiger partial charge in [-0.15, -0.1) is 0 Å². The molecule has 0 amide bonds. The summed E-state index contributed by atoms with van der Waals surface area (Å²) in [7, 11) is -3.08. The summed E-state index contributed by atoms with van der Waals surface area (Å²) < 4.78 is 23.5. The highest BCUT2D eigenvalue weighted by molar-refractivity contribution is 7.90. The lowest BCUT2D eigenvalue weighted by Gasteiger charge is -2.06. The summed E-state index contributed by atoms with van der Waals surface area (Å²) in [6.07, 6.45) is 0. The lowest BCUT2D eigenvalue weighted by atomic mass is 10.2. The van der Waals surface area contributed by atoms with Crippen LogP contribution in [-0.2, 0) is 15.6 Å². The number of halogens is 1. The average Bonchev–Trinajstić information content (AvgIpc) is 2.21. The second-order valence-corrected chi connectivity index (χ2v) is 6.13. The van der Waals surface area contributed by atoms with Gasteiger partial charge in [-0.05, 0) is 18.2 Å². The van der Waals surface area contributed by atoms with E-state index in [0.29, 0.717) is 17.1 Å². The fraction of sp³-hybridized carbons (Fsp3) is 0.455. The molecule has 3 nitrogen and oxygen atoms in total. The van der Waals surface area contributed by atoms with E-state index in [2.05, 4.69) is 5.32 Å². The van der Waals surface area contributed by atoms with Gasteiger partial charge >= 0.3 is 0 Å². The molecule has 0 bridgehead atoms. The Kier molecular flexibility index (Phi) is 5.25. The zero-order valence-electron chi connectivity index (χ0n) is 9.24. The molecule has 1 aromatic rings. The maximum Gasteiger partial charge on any atom is 0.155 e. The van der Waals surface area contributed by atoms with Gasteiger partial charge in [-0.3, -0.25) is 0 Å². The molecular weight excluding hydrogens is 246 g/mol. The van der Waals surface area contributed by atoms with Gasteiger partial charge in [0.15, 0.2) is 9.84 Å². The molecule has 0 aromatic heterocycles. The third-order valence-electron chi connectivity index (χ3n) is 2.17. The first-order chi connectivity index (χ1) is 7.55. The van der Waals surface area contributed by atoms with E-state index in [1.165, 1.54) is 0 Å². The average molecular weight is 262 g/mol. The summed E-state index contributed by atoms with van der Waals surface area (Å²) >= 11 is 5.91. The number of sulfone groups is 1. The van der Waals surface area contributed by atoms with Crippen molar-refractivity contribution in [3.63, 3.8) is 0 Å². The molecule has 1 N–H and O–H groups in total. The fourth-order valence-corrected chi connectivity index (χ4v) is 2.94. The van der Waals surface area contributed by atoms with Gasteiger partial charge in [-0.2, -0.15) is 0 Å². The zero-order valence-corrected chi connectivity index (χ0v) is 10.8. The smallest absolute Gasteiger partial charge is 0.155 e. The standard InChI is InChI=1S/C11H16ClNO2S/c1-2-13-7-8-16(14,15)9-10-5-3-4-6-11(10)12/h3-6,13H,2,7-9H2,1H3. The van der Waals surface area contributed by atoms with Crippen molar-refractivity contribution < 1.29 is 8.42 Å². The number of hydrogen-bond acceptors (Lipinski definition) is 3. The Labute approximate surface area is 102 Å². The van der Waals surface area contributed by atoms with E-state index in [4.69, 9.17) is 11.6 Å². The fourth-order valence-electron chi connectivity index (χ4n) is 1.33. The maximum atomic E-state index is 11.7. The molecule has 1 aromatic carbocycles. The van der Waals surface area contributed by atoms with Gasteiger partial charge in [0.2, 0.25) is 0 Å². The summed E-state index contributed by atoms with van der Waals surface area (Å²) in [5, 5.41) is 3.50. The van der Waals surface area contributed by atoms with E-state index >= 15 is 0 Å². The van der Waals surface area contributed by atoms with E-state index in [1.54, 1.807) is 24.3 Å². The topological polar surface area (TPSA) is 46.2 Å². The lowest BCUT2D eigenvalue weighted by molar-refractivity contribution is 0.591. The Morgan fingerprint density at radius 2 is 2.00 bits per heavy atom. The van der Waals surface area contributed by atoms with Gasteiger partial charge in [0.05, 0.1) is 11.5 Å². The first-order valence-corrected chi connectivity index (χ1v) is 7.39. The summed E-state index contributed by atoms with van der Waals surface area (Å²) in [6, 6.07) is 7.03. The molecule has 0 aliphatic rings. The van der Waals surface area contributed by atoms with Gasteiger partial charge in [-0.1, -0.05) is 36.7 Å². The number of benzene rings is 1. The van der Waals surface area contributed by atoms with E-state index in [-0.39, 0.29) is 11.5 Å². The number of nitrogens with one attached hydrogen (secondary N) is 1. The maximum absolute atomic E-state index is 11.7.